The zero-order valence-corrected chi connectivity index (χ0v) is 9.89. The van der Waals surface area contributed by atoms with Crippen molar-refractivity contribution in [3.63, 3.8) is 0 Å². The molecular weight excluding hydrogens is 208 g/mol. The molecule has 1 aromatic heterocycles. The highest BCUT2D eigenvalue weighted by atomic mass is 32.1. The van der Waals surface area contributed by atoms with Gasteiger partial charge in [-0.05, 0) is 18.8 Å². The monoisotopic (exact) mass is 226 g/mol. The molecule has 0 aliphatic heterocycles. The Balaban J connectivity index is 1.73. The van der Waals surface area contributed by atoms with Crippen molar-refractivity contribution in [2.24, 2.45) is 5.92 Å². The van der Waals surface area contributed by atoms with Gasteiger partial charge in [0, 0.05) is 36.7 Å². The Bertz CT molecular complexity index is 309. The third-order valence-corrected chi connectivity index (χ3v) is 3.76. The van der Waals surface area contributed by atoms with Gasteiger partial charge in [0.2, 0.25) is 0 Å². The van der Waals surface area contributed by atoms with Crippen LogP contribution in [0, 0.1) is 5.92 Å². The van der Waals surface area contributed by atoms with Gasteiger partial charge in [-0.3, -0.25) is 0 Å². The summed E-state index contributed by atoms with van der Waals surface area (Å²) in [6, 6.07) is 0. The molecule has 1 atom stereocenters. The van der Waals surface area contributed by atoms with E-state index in [-0.39, 0.29) is 6.61 Å². The molecule has 1 aliphatic carbocycles. The van der Waals surface area contributed by atoms with Gasteiger partial charge in [0.15, 0.2) is 0 Å². The Kier molecular flexibility index (Phi) is 3.72. The van der Waals surface area contributed by atoms with Crippen molar-refractivity contribution >= 4 is 11.3 Å². The fourth-order valence-electron chi connectivity index (χ4n) is 1.43. The lowest BCUT2D eigenvalue weighted by molar-refractivity contribution is 0.233. The number of aliphatic hydroxyl groups excluding tert-OH is 1. The lowest BCUT2D eigenvalue weighted by Crippen LogP contribution is -2.22. The fraction of sp³-hybridized carbons (Fsp3) is 0.727. The number of nitrogens with one attached hydrogen (secondary N) is 1. The summed E-state index contributed by atoms with van der Waals surface area (Å²) in [5, 5.41) is 13.5. The molecule has 1 heterocycles. The van der Waals surface area contributed by atoms with Gasteiger partial charge in [-0.25, -0.2) is 4.98 Å². The average molecular weight is 226 g/mol. The van der Waals surface area contributed by atoms with E-state index >= 15 is 0 Å². The normalized spacial score (nSPS) is 18.0. The van der Waals surface area contributed by atoms with E-state index in [2.05, 4.69) is 10.3 Å². The Hall–Kier alpha value is -0.450. The predicted octanol–water partition coefficient (Wildman–Crippen LogP) is 1.74. The van der Waals surface area contributed by atoms with Crippen LogP contribution in [0.4, 0.5) is 0 Å². The van der Waals surface area contributed by atoms with Gasteiger partial charge < -0.3 is 10.4 Å². The topological polar surface area (TPSA) is 45.1 Å². The standard InChI is InChI=1S/C11H18N2OS/c1-8(7-14)4-12-5-10-6-13-11(15-10)9-2-3-9/h6,8-9,12,14H,2-5,7H2,1H3. The molecule has 0 amide bonds. The summed E-state index contributed by atoms with van der Waals surface area (Å²) in [6.07, 6.45) is 4.62. The molecule has 1 fully saturated rings. The second kappa shape index (κ2) is 5.05. The number of thiazole rings is 1. The van der Waals surface area contributed by atoms with Crippen LogP contribution in [0.25, 0.3) is 0 Å². The number of aliphatic hydroxyl groups is 1. The van der Waals surface area contributed by atoms with E-state index in [0.717, 1.165) is 19.0 Å². The van der Waals surface area contributed by atoms with Crippen LogP contribution >= 0.6 is 11.3 Å². The zero-order chi connectivity index (χ0) is 10.7. The summed E-state index contributed by atoms with van der Waals surface area (Å²) >= 11 is 1.83. The fourth-order valence-corrected chi connectivity index (χ4v) is 2.49. The van der Waals surface area contributed by atoms with E-state index in [1.54, 1.807) is 0 Å². The maximum absolute atomic E-state index is 8.87. The first kappa shape index (κ1) is 11.0. The van der Waals surface area contributed by atoms with Crippen molar-refractivity contribution in [2.75, 3.05) is 13.2 Å². The number of rotatable bonds is 6. The molecule has 4 heteroatoms. The van der Waals surface area contributed by atoms with Crippen LogP contribution in [0.1, 0.15) is 35.6 Å². The number of aromatic nitrogens is 1. The van der Waals surface area contributed by atoms with Crippen molar-refractivity contribution in [1.29, 1.82) is 0 Å². The van der Waals surface area contributed by atoms with Crippen LogP contribution in [0.3, 0.4) is 0 Å². The maximum atomic E-state index is 8.87. The van der Waals surface area contributed by atoms with Crippen LogP contribution in [0.15, 0.2) is 6.20 Å². The van der Waals surface area contributed by atoms with Crippen LogP contribution in [0.2, 0.25) is 0 Å². The zero-order valence-electron chi connectivity index (χ0n) is 9.07. The Labute approximate surface area is 94.5 Å². The predicted molar refractivity (Wildman–Crippen MR) is 62.0 cm³/mol. The first-order valence-corrected chi connectivity index (χ1v) is 6.37. The number of hydrogen-bond donors (Lipinski definition) is 2. The Morgan fingerprint density at radius 2 is 2.47 bits per heavy atom. The molecule has 2 N–H and O–H groups in total. The van der Waals surface area contributed by atoms with E-state index < -0.39 is 0 Å². The van der Waals surface area contributed by atoms with Crippen molar-refractivity contribution in [2.45, 2.75) is 32.2 Å². The SMILES string of the molecule is CC(CO)CNCc1cnc(C2CC2)s1. The van der Waals surface area contributed by atoms with Crippen molar-refractivity contribution < 1.29 is 5.11 Å². The van der Waals surface area contributed by atoms with Gasteiger partial charge in [-0.2, -0.15) is 0 Å². The summed E-state index contributed by atoms with van der Waals surface area (Å²) in [5.41, 5.74) is 0. The van der Waals surface area contributed by atoms with Crippen molar-refractivity contribution in [3.05, 3.63) is 16.1 Å². The van der Waals surface area contributed by atoms with Crippen LogP contribution < -0.4 is 5.32 Å². The third kappa shape index (κ3) is 3.26. The minimum Gasteiger partial charge on any atom is -0.396 e. The molecule has 3 nitrogen and oxygen atoms in total. The molecular formula is C11H18N2OS. The molecule has 0 saturated heterocycles. The highest BCUT2D eigenvalue weighted by Gasteiger charge is 2.26. The molecule has 84 valence electrons. The van der Waals surface area contributed by atoms with Crippen LogP contribution in [-0.2, 0) is 6.54 Å². The van der Waals surface area contributed by atoms with Gasteiger partial charge in [-0.1, -0.05) is 6.92 Å². The van der Waals surface area contributed by atoms with Crippen molar-refractivity contribution in [3.8, 4) is 0 Å². The Morgan fingerprint density at radius 1 is 1.67 bits per heavy atom. The second-order valence-electron chi connectivity index (χ2n) is 4.36. The minimum atomic E-state index is 0.253. The lowest BCUT2D eigenvalue weighted by atomic mass is 10.2. The van der Waals surface area contributed by atoms with E-state index in [1.165, 1.54) is 22.7 Å². The first-order chi connectivity index (χ1) is 7.29. The molecule has 1 saturated carbocycles. The molecule has 15 heavy (non-hydrogen) atoms. The summed E-state index contributed by atoms with van der Waals surface area (Å²) in [5.74, 6) is 1.10. The molecule has 0 radical (unpaired) electrons. The molecule has 1 aliphatic rings. The first-order valence-electron chi connectivity index (χ1n) is 5.55. The molecule has 2 rings (SSSR count). The largest absolute Gasteiger partial charge is 0.396 e. The van der Waals surface area contributed by atoms with Gasteiger partial charge >= 0.3 is 0 Å². The molecule has 1 aromatic rings. The molecule has 1 unspecified atom stereocenters. The number of nitrogens with zero attached hydrogens (tertiary/aromatic N) is 1. The van der Waals surface area contributed by atoms with Crippen molar-refractivity contribution in [1.82, 2.24) is 10.3 Å². The summed E-state index contributed by atoms with van der Waals surface area (Å²) in [4.78, 5) is 5.73. The van der Waals surface area contributed by atoms with E-state index in [0.29, 0.717) is 5.92 Å². The van der Waals surface area contributed by atoms with E-state index in [1.807, 2.05) is 24.5 Å². The van der Waals surface area contributed by atoms with Crippen LogP contribution in [0.5, 0.6) is 0 Å². The summed E-state index contributed by atoms with van der Waals surface area (Å²) in [6.45, 7) is 4.04. The Morgan fingerprint density at radius 3 is 3.13 bits per heavy atom. The maximum Gasteiger partial charge on any atom is 0.0959 e. The van der Waals surface area contributed by atoms with Crippen LogP contribution in [-0.4, -0.2) is 23.2 Å². The van der Waals surface area contributed by atoms with Gasteiger partial charge in [0.25, 0.3) is 0 Å². The second-order valence-corrected chi connectivity index (χ2v) is 5.50. The highest BCUT2D eigenvalue weighted by Crippen LogP contribution is 2.41. The number of hydrogen-bond acceptors (Lipinski definition) is 4. The average Bonchev–Trinajstić information content (AvgIpc) is 2.99. The molecule has 0 aromatic carbocycles. The summed E-state index contributed by atoms with van der Waals surface area (Å²) in [7, 11) is 0. The molecule has 0 spiro atoms. The van der Waals surface area contributed by atoms with Gasteiger partial charge in [0.1, 0.15) is 0 Å². The highest BCUT2D eigenvalue weighted by molar-refractivity contribution is 7.11. The smallest absolute Gasteiger partial charge is 0.0959 e. The molecule has 0 bridgehead atoms. The van der Waals surface area contributed by atoms with E-state index in [9.17, 15) is 0 Å². The lowest BCUT2D eigenvalue weighted by Gasteiger charge is -2.07. The summed E-state index contributed by atoms with van der Waals surface area (Å²) < 4.78 is 0. The third-order valence-electron chi connectivity index (χ3n) is 2.60. The van der Waals surface area contributed by atoms with Gasteiger partial charge in [-0.15, -0.1) is 11.3 Å². The minimum absolute atomic E-state index is 0.253. The van der Waals surface area contributed by atoms with Gasteiger partial charge in [0.05, 0.1) is 5.01 Å². The van der Waals surface area contributed by atoms with E-state index in [4.69, 9.17) is 5.11 Å². The quantitative estimate of drug-likeness (QED) is 0.776.